The predicted octanol–water partition coefficient (Wildman–Crippen LogP) is 2.45. The van der Waals surface area contributed by atoms with Crippen molar-refractivity contribution in [1.29, 1.82) is 0 Å². The molecular formula is C14H28N2O. The van der Waals surface area contributed by atoms with Gasteiger partial charge in [0.25, 0.3) is 0 Å². The van der Waals surface area contributed by atoms with Gasteiger partial charge in [0.1, 0.15) is 0 Å². The first-order valence-electron chi connectivity index (χ1n) is 7.18. The Labute approximate surface area is 106 Å². The molecule has 3 atom stereocenters. The van der Waals surface area contributed by atoms with Gasteiger partial charge in [0, 0.05) is 12.5 Å². The summed E-state index contributed by atoms with van der Waals surface area (Å²) in [5, 5.41) is 3.20. The van der Waals surface area contributed by atoms with Crippen LogP contribution in [0.25, 0.3) is 0 Å². The molecule has 3 nitrogen and oxygen atoms in total. The van der Waals surface area contributed by atoms with Crippen LogP contribution in [0.3, 0.4) is 0 Å². The Morgan fingerprint density at radius 2 is 2.06 bits per heavy atom. The molecule has 3 N–H and O–H groups in total. The Balaban J connectivity index is 2.18. The van der Waals surface area contributed by atoms with Crippen LogP contribution in [0.1, 0.15) is 58.8 Å². The molecule has 0 spiro atoms. The highest BCUT2D eigenvalue weighted by Gasteiger charge is 2.32. The van der Waals surface area contributed by atoms with E-state index in [1.807, 2.05) is 0 Å². The van der Waals surface area contributed by atoms with E-state index in [0.29, 0.717) is 18.4 Å². The molecule has 3 heteroatoms. The molecule has 0 aliphatic heterocycles. The topological polar surface area (TPSA) is 55.1 Å². The molecule has 100 valence electrons. The van der Waals surface area contributed by atoms with Crippen molar-refractivity contribution in [3.8, 4) is 0 Å². The molecule has 1 saturated carbocycles. The molecule has 0 heterocycles. The number of carbonyl (C=O) groups excluding carboxylic acids is 1. The van der Waals surface area contributed by atoms with Crippen LogP contribution in [0.4, 0.5) is 0 Å². The third-order valence-corrected chi connectivity index (χ3v) is 4.21. The number of rotatable bonds is 7. The molecule has 1 rings (SSSR count). The molecule has 3 unspecified atom stereocenters. The second kappa shape index (κ2) is 7.70. The molecule has 1 aliphatic carbocycles. The van der Waals surface area contributed by atoms with Crippen molar-refractivity contribution in [3.63, 3.8) is 0 Å². The molecule has 0 aromatic carbocycles. The van der Waals surface area contributed by atoms with Crippen molar-refractivity contribution in [2.75, 3.05) is 6.54 Å². The van der Waals surface area contributed by atoms with E-state index in [0.717, 1.165) is 38.1 Å². The lowest BCUT2D eigenvalue weighted by molar-refractivity contribution is -0.122. The van der Waals surface area contributed by atoms with Crippen molar-refractivity contribution in [1.82, 2.24) is 5.32 Å². The second-order valence-electron chi connectivity index (χ2n) is 5.38. The summed E-state index contributed by atoms with van der Waals surface area (Å²) in [7, 11) is 0. The lowest BCUT2D eigenvalue weighted by Gasteiger charge is -2.21. The Hall–Kier alpha value is -0.570. The quantitative estimate of drug-likeness (QED) is 0.672. The van der Waals surface area contributed by atoms with Gasteiger partial charge in [-0.2, -0.15) is 0 Å². The zero-order valence-electron chi connectivity index (χ0n) is 11.4. The molecule has 1 aliphatic rings. The summed E-state index contributed by atoms with van der Waals surface area (Å²) in [6.45, 7) is 5.26. The van der Waals surface area contributed by atoms with E-state index >= 15 is 0 Å². The zero-order valence-corrected chi connectivity index (χ0v) is 11.4. The highest BCUT2D eigenvalue weighted by Crippen LogP contribution is 2.33. The maximum atomic E-state index is 11.8. The van der Waals surface area contributed by atoms with Gasteiger partial charge < -0.3 is 11.1 Å². The average molecular weight is 240 g/mol. The van der Waals surface area contributed by atoms with Gasteiger partial charge in [0.2, 0.25) is 5.91 Å². The smallest absolute Gasteiger partial charge is 0.220 e. The standard InChI is InChI=1S/C14H28N2O/c1-3-12-8-9-13(11(12)2)16-14(17)7-5-4-6-10-15/h11-13H,3-10,15H2,1-2H3,(H,16,17). The minimum absolute atomic E-state index is 0.232. The van der Waals surface area contributed by atoms with Crippen LogP contribution in [0.15, 0.2) is 0 Å². The highest BCUT2D eigenvalue weighted by atomic mass is 16.1. The fraction of sp³-hybridized carbons (Fsp3) is 0.929. The van der Waals surface area contributed by atoms with Crippen LogP contribution in [0.5, 0.6) is 0 Å². The number of amides is 1. The number of nitrogens with one attached hydrogen (secondary N) is 1. The number of carbonyl (C=O) groups is 1. The Morgan fingerprint density at radius 1 is 1.29 bits per heavy atom. The summed E-state index contributed by atoms with van der Waals surface area (Å²) in [5.74, 6) is 1.68. The first kappa shape index (κ1) is 14.5. The first-order valence-corrected chi connectivity index (χ1v) is 7.18. The van der Waals surface area contributed by atoms with Crippen molar-refractivity contribution < 1.29 is 4.79 Å². The summed E-state index contributed by atoms with van der Waals surface area (Å²) >= 11 is 0. The number of hydrogen-bond donors (Lipinski definition) is 2. The van der Waals surface area contributed by atoms with Crippen LogP contribution >= 0.6 is 0 Å². The Morgan fingerprint density at radius 3 is 2.65 bits per heavy atom. The molecular weight excluding hydrogens is 212 g/mol. The molecule has 0 saturated heterocycles. The van der Waals surface area contributed by atoms with Gasteiger partial charge >= 0.3 is 0 Å². The minimum Gasteiger partial charge on any atom is -0.353 e. The van der Waals surface area contributed by atoms with Gasteiger partial charge in [0.05, 0.1) is 0 Å². The molecule has 0 aromatic heterocycles. The third kappa shape index (κ3) is 4.66. The minimum atomic E-state index is 0.232. The summed E-state index contributed by atoms with van der Waals surface area (Å²) in [6.07, 6.45) is 7.42. The van der Waals surface area contributed by atoms with Crippen LogP contribution in [-0.2, 0) is 4.79 Å². The summed E-state index contributed by atoms with van der Waals surface area (Å²) in [4.78, 5) is 11.8. The number of nitrogens with two attached hydrogens (primary N) is 1. The summed E-state index contributed by atoms with van der Waals surface area (Å²) in [5.41, 5.74) is 5.43. The van der Waals surface area contributed by atoms with Gasteiger partial charge in [-0.25, -0.2) is 0 Å². The van der Waals surface area contributed by atoms with E-state index in [-0.39, 0.29) is 5.91 Å². The SMILES string of the molecule is CCC1CCC(NC(=O)CCCCCN)C1C. The van der Waals surface area contributed by atoms with Crippen molar-refractivity contribution >= 4 is 5.91 Å². The molecule has 0 radical (unpaired) electrons. The van der Waals surface area contributed by atoms with Crippen LogP contribution in [0.2, 0.25) is 0 Å². The lowest BCUT2D eigenvalue weighted by atomic mass is 9.93. The van der Waals surface area contributed by atoms with E-state index in [2.05, 4.69) is 19.2 Å². The molecule has 1 fully saturated rings. The highest BCUT2D eigenvalue weighted by molar-refractivity contribution is 5.76. The van der Waals surface area contributed by atoms with Crippen molar-refractivity contribution in [2.45, 2.75) is 64.8 Å². The fourth-order valence-electron chi connectivity index (χ4n) is 2.91. The summed E-state index contributed by atoms with van der Waals surface area (Å²) in [6, 6.07) is 0.418. The van der Waals surface area contributed by atoms with Gasteiger partial charge in [-0.15, -0.1) is 0 Å². The zero-order chi connectivity index (χ0) is 12.7. The Bertz CT molecular complexity index is 230. The van der Waals surface area contributed by atoms with Crippen molar-refractivity contribution in [2.24, 2.45) is 17.6 Å². The lowest BCUT2D eigenvalue weighted by Crippen LogP contribution is -2.37. The maximum Gasteiger partial charge on any atom is 0.220 e. The van der Waals surface area contributed by atoms with Crippen LogP contribution in [-0.4, -0.2) is 18.5 Å². The average Bonchev–Trinajstić information content (AvgIpc) is 2.66. The first-order chi connectivity index (χ1) is 8.19. The second-order valence-corrected chi connectivity index (χ2v) is 5.38. The third-order valence-electron chi connectivity index (χ3n) is 4.21. The van der Waals surface area contributed by atoms with Crippen LogP contribution in [0, 0.1) is 11.8 Å². The fourth-order valence-corrected chi connectivity index (χ4v) is 2.91. The van der Waals surface area contributed by atoms with Gasteiger partial charge in [-0.1, -0.05) is 26.7 Å². The Kier molecular flexibility index (Phi) is 6.56. The van der Waals surface area contributed by atoms with E-state index in [1.165, 1.54) is 12.8 Å². The van der Waals surface area contributed by atoms with E-state index < -0.39 is 0 Å². The van der Waals surface area contributed by atoms with Gasteiger partial charge in [-0.05, 0) is 44.1 Å². The normalized spacial score (nSPS) is 28.3. The molecule has 0 bridgehead atoms. The number of unbranched alkanes of at least 4 members (excludes halogenated alkanes) is 2. The molecule has 1 amide bonds. The van der Waals surface area contributed by atoms with Gasteiger partial charge in [0.15, 0.2) is 0 Å². The van der Waals surface area contributed by atoms with Crippen LogP contribution < -0.4 is 11.1 Å². The van der Waals surface area contributed by atoms with Gasteiger partial charge in [-0.3, -0.25) is 4.79 Å². The van der Waals surface area contributed by atoms with E-state index in [1.54, 1.807) is 0 Å². The summed E-state index contributed by atoms with van der Waals surface area (Å²) < 4.78 is 0. The largest absolute Gasteiger partial charge is 0.353 e. The molecule has 0 aromatic rings. The van der Waals surface area contributed by atoms with E-state index in [4.69, 9.17) is 5.73 Å². The number of hydrogen-bond acceptors (Lipinski definition) is 2. The molecule has 17 heavy (non-hydrogen) atoms. The predicted molar refractivity (Wildman–Crippen MR) is 71.6 cm³/mol. The van der Waals surface area contributed by atoms with E-state index in [9.17, 15) is 4.79 Å². The monoisotopic (exact) mass is 240 g/mol. The maximum absolute atomic E-state index is 11.8. The van der Waals surface area contributed by atoms with Crippen molar-refractivity contribution in [3.05, 3.63) is 0 Å².